The lowest BCUT2D eigenvalue weighted by Crippen LogP contribution is -2.19. The van der Waals surface area contributed by atoms with Gasteiger partial charge in [0.15, 0.2) is 16.7 Å². The number of amidine groups is 1. The fraction of sp³-hybridized carbons (Fsp3) is 0.185. The summed E-state index contributed by atoms with van der Waals surface area (Å²) < 4.78 is 11.8. The zero-order valence-electron chi connectivity index (χ0n) is 18.9. The number of aliphatic imine (C=N–C) groups is 1. The summed E-state index contributed by atoms with van der Waals surface area (Å²) in [5.41, 5.74) is 5.04. The minimum absolute atomic E-state index is 0.162. The van der Waals surface area contributed by atoms with Gasteiger partial charge in [0.1, 0.15) is 6.61 Å². The van der Waals surface area contributed by atoms with E-state index < -0.39 is 0 Å². The van der Waals surface area contributed by atoms with Gasteiger partial charge in [-0.1, -0.05) is 42.5 Å². The third-order valence-electron chi connectivity index (χ3n) is 4.89. The normalized spacial score (nSPS) is 15.7. The van der Waals surface area contributed by atoms with Gasteiger partial charge in [0, 0.05) is 0 Å². The van der Waals surface area contributed by atoms with E-state index in [1.807, 2.05) is 87.5 Å². The number of carbonyl (C=O) groups excluding carboxylic acids is 1. The Hall–Kier alpha value is -3.51. The molecule has 168 valence electrons. The monoisotopic (exact) mass is 458 g/mol. The Kier molecular flexibility index (Phi) is 7.15. The highest BCUT2D eigenvalue weighted by molar-refractivity contribution is 8.18. The van der Waals surface area contributed by atoms with Crippen LogP contribution in [0.3, 0.4) is 0 Å². The maximum absolute atomic E-state index is 12.5. The third-order valence-corrected chi connectivity index (χ3v) is 5.80. The molecule has 0 aromatic heterocycles. The smallest absolute Gasteiger partial charge is 0.264 e. The Bertz CT molecular complexity index is 1200. The van der Waals surface area contributed by atoms with Crippen LogP contribution in [0.4, 0.5) is 5.69 Å². The Morgan fingerprint density at radius 1 is 0.939 bits per heavy atom. The topological polar surface area (TPSA) is 59.9 Å². The number of ether oxygens (including phenoxy) is 2. The molecular weight excluding hydrogens is 432 g/mol. The molecule has 0 radical (unpaired) electrons. The second kappa shape index (κ2) is 10.4. The fourth-order valence-electron chi connectivity index (χ4n) is 3.50. The molecule has 0 bridgehead atoms. The Balaban J connectivity index is 1.52. The van der Waals surface area contributed by atoms with Gasteiger partial charge in [-0.2, -0.15) is 0 Å². The highest BCUT2D eigenvalue weighted by atomic mass is 32.2. The fourth-order valence-corrected chi connectivity index (χ4v) is 4.34. The van der Waals surface area contributed by atoms with Gasteiger partial charge < -0.3 is 14.8 Å². The number of amides is 1. The zero-order chi connectivity index (χ0) is 23.2. The van der Waals surface area contributed by atoms with E-state index in [1.54, 1.807) is 0 Å². The Morgan fingerprint density at radius 2 is 1.70 bits per heavy atom. The number of nitrogens with one attached hydrogen (secondary N) is 1. The van der Waals surface area contributed by atoms with Crippen molar-refractivity contribution >= 4 is 34.6 Å². The minimum Gasteiger partial charge on any atom is -0.490 e. The van der Waals surface area contributed by atoms with Crippen molar-refractivity contribution in [3.05, 3.63) is 93.9 Å². The molecule has 33 heavy (non-hydrogen) atoms. The molecule has 1 saturated heterocycles. The second-order valence-corrected chi connectivity index (χ2v) is 8.77. The lowest BCUT2D eigenvalue weighted by Gasteiger charge is -2.13. The SMILES string of the molecule is CCOc1cc(/C=C2/SC(=Nc3cc(C)cc(C)c3)NC2=O)ccc1OCc1ccccc1. The minimum atomic E-state index is -0.162. The van der Waals surface area contributed by atoms with E-state index in [-0.39, 0.29) is 5.91 Å². The predicted octanol–water partition coefficient (Wildman–Crippen LogP) is 6.17. The Morgan fingerprint density at radius 3 is 2.42 bits per heavy atom. The van der Waals surface area contributed by atoms with Crippen LogP contribution in [-0.2, 0) is 11.4 Å². The van der Waals surface area contributed by atoms with Crippen LogP contribution in [0.5, 0.6) is 11.5 Å². The van der Waals surface area contributed by atoms with Gasteiger partial charge >= 0.3 is 0 Å². The molecule has 1 aliphatic heterocycles. The quantitative estimate of drug-likeness (QED) is 0.430. The first-order valence-corrected chi connectivity index (χ1v) is 11.6. The molecule has 1 amide bonds. The number of hydrogen-bond donors (Lipinski definition) is 1. The molecule has 5 nitrogen and oxygen atoms in total. The number of aryl methyl sites for hydroxylation is 2. The summed E-state index contributed by atoms with van der Waals surface area (Å²) in [7, 11) is 0. The van der Waals surface area contributed by atoms with Crippen LogP contribution in [0.1, 0.15) is 29.2 Å². The van der Waals surface area contributed by atoms with Crippen molar-refractivity contribution in [2.45, 2.75) is 27.4 Å². The first-order chi connectivity index (χ1) is 16.0. The molecule has 0 unspecified atom stereocenters. The van der Waals surface area contributed by atoms with Crippen molar-refractivity contribution in [2.75, 3.05) is 6.61 Å². The molecule has 1 fully saturated rings. The summed E-state index contributed by atoms with van der Waals surface area (Å²) in [4.78, 5) is 17.7. The standard InChI is InChI=1S/C27H26N2O3S/c1-4-31-24-15-21(10-11-23(24)32-17-20-8-6-5-7-9-20)16-25-26(30)29-27(33-25)28-22-13-18(2)12-19(3)14-22/h5-16H,4,17H2,1-3H3,(H,28,29,30)/b25-16+. The average molecular weight is 459 g/mol. The summed E-state index contributed by atoms with van der Waals surface area (Å²) in [6.07, 6.45) is 1.84. The van der Waals surface area contributed by atoms with Crippen LogP contribution < -0.4 is 14.8 Å². The lowest BCUT2D eigenvalue weighted by molar-refractivity contribution is -0.115. The maximum Gasteiger partial charge on any atom is 0.264 e. The number of thioether (sulfide) groups is 1. The van der Waals surface area contributed by atoms with Crippen LogP contribution in [0, 0.1) is 13.8 Å². The van der Waals surface area contributed by atoms with E-state index in [0.29, 0.717) is 34.8 Å². The number of benzene rings is 3. The molecule has 3 aromatic carbocycles. The number of nitrogens with zero attached hydrogens (tertiary/aromatic N) is 1. The summed E-state index contributed by atoms with van der Waals surface area (Å²) in [6, 6.07) is 21.8. The number of carbonyl (C=O) groups is 1. The summed E-state index contributed by atoms with van der Waals surface area (Å²) in [6.45, 7) is 6.97. The van der Waals surface area contributed by atoms with Gasteiger partial charge in [0.05, 0.1) is 17.2 Å². The van der Waals surface area contributed by atoms with Gasteiger partial charge in [0.25, 0.3) is 5.91 Å². The first kappa shape index (κ1) is 22.7. The van der Waals surface area contributed by atoms with Crippen LogP contribution in [-0.4, -0.2) is 17.7 Å². The van der Waals surface area contributed by atoms with Crippen LogP contribution in [0.15, 0.2) is 76.6 Å². The van der Waals surface area contributed by atoms with E-state index in [2.05, 4.69) is 16.4 Å². The van der Waals surface area contributed by atoms with E-state index in [1.165, 1.54) is 11.8 Å². The molecule has 0 atom stereocenters. The van der Waals surface area contributed by atoms with E-state index in [0.717, 1.165) is 27.9 Å². The molecule has 6 heteroatoms. The van der Waals surface area contributed by atoms with Gasteiger partial charge in [-0.25, -0.2) is 4.99 Å². The molecule has 1 heterocycles. The molecule has 1 N–H and O–H groups in total. The molecule has 4 rings (SSSR count). The first-order valence-electron chi connectivity index (χ1n) is 10.8. The van der Waals surface area contributed by atoms with E-state index in [9.17, 15) is 4.79 Å². The maximum atomic E-state index is 12.5. The van der Waals surface area contributed by atoms with Gasteiger partial charge in [0.2, 0.25) is 0 Å². The van der Waals surface area contributed by atoms with Crippen molar-refractivity contribution in [3.8, 4) is 11.5 Å². The summed E-state index contributed by atoms with van der Waals surface area (Å²) in [5.74, 6) is 1.16. The van der Waals surface area contributed by atoms with Crippen LogP contribution >= 0.6 is 11.8 Å². The van der Waals surface area contributed by atoms with E-state index >= 15 is 0 Å². The second-order valence-electron chi connectivity index (χ2n) is 7.74. The molecule has 0 aliphatic carbocycles. The van der Waals surface area contributed by atoms with E-state index in [4.69, 9.17) is 9.47 Å². The summed E-state index contributed by atoms with van der Waals surface area (Å²) in [5, 5.41) is 3.42. The number of rotatable bonds is 7. The highest BCUT2D eigenvalue weighted by Gasteiger charge is 2.24. The lowest BCUT2D eigenvalue weighted by atomic mass is 10.1. The van der Waals surface area contributed by atoms with Crippen molar-refractivity contribution in [2.24, 2.45) is 4.99 Å². The van der Waals surface area contributed by atoms with Crippen molar-refractivity contribution in [1.82, 2.24) is 5.32 Å². The highest BCUT2D eigenvalue weighted by Crippen LogP contribution is 2.33. The van der Waals surface area contributed by atoms with Crippen molar-refractivity contribution in [1.29, 1.82) is 0 Å². The molecule has 0 saturated carbocycles. The Labute approximate surface area is 198 Å². The van der Waals surface area contributed by atoms with Gasteiger partial charge in [-0.3, -0.25) is 4.79 Å². The summed E-state index contributed by atoms with van der Waals surface area (Å²) >= 11 is 1.33. The molecule has 0 spiro atoms. The zero-order valence-corrected chi connectivity index (χ0v) is 19.7. The molecular formula is C27H26N2O3S. The predicted molar refractivity (Wildman–Crippen MR) is 135 cm³/mol. The van der Waals surface area contributed by atoms with Gasteiger partial charge in [-0.15, -0.1) is 0 Å². The third kappa shape index (κ3) is 6.05. The van der Waals surface area contributed by atoms with Crippen LogP contribution in [0.25, 0.3) is 6.08 Å². The molecule has 3 aromatic rings. The average Bonchev–Trinajstić information content (AvgIpc) is 3.11. The van der Waals surface area contributed by atoms with Crippen molar-refractivity contribution in [3.63, 3.8) is 0 Å². The largest absolute Gasteiger partial charge is 0.490 e. The van der Waals surface area contributed by atoms with Crippen LogP contribution in [0.2, 0.25) is 0 Å². The molecule has 1 aliphatic rings. The van der Waals surface area contributed by atoms with Crippen molar-refractivity contribution < 1.29 is 14.3 Å². The van der Waals surface area contributed by atoms with Gasteiger partial charge in [-0.05, 0) is 85.1 Å². The number of hydrogen-bond acceptors (Lipinski definition) is 5.